The Bertz CT molecular complexity index is 718. The van der Waals surface area contributed by atoms with E-state index >= 15 is 0 Å². The first-order valence-electron chi connectivity index (χ1n) is 8.24. The van der Waals surface area contributed by atoms with Gasteiger partial charge in [-0.05, 0) is 23.8 Å². The lowest BCUT2D eigenvalue weighted by atomic mass is 9.58. The molecule has 116 valence electrons. The lowest BCUT2D eigenvalue weighted by Crippen LogP contribution is -2.50. The second-order valence-corrected chi connectivity index (χ2v) is 7.93. The smallest absolute Gasteiger partial charge is 0.0956 e. The van der Waals surface area contributed by atoms with Gasteiger partial charge in [-0.15, -0.1) is 0 Å². The predicted molar refractivity (Wildman–Crippen MR) is 87.5 cm³/mol. The lowest BCUT2D eigenvalue weighted by Gasteiger charge is -2.51. The minimum absolute atomic E-state index is 0.0364. The number of aliphatic hydroxyl groups excluding tert-OH is 1. The van der Waals surface area contributed by atoms with E-state index in [9.17, 15) is 5.11 Å². The van der Waals surface area contributed by atoms with Gasteiger partial charge < -0.3 is 9.67 Å². The Balaban J connectivity index is 1.89. The predicted octanol–water partition coefficient (Wildman–Crippen LogP) is 4.03. The van der Waals surface area contributed by atoms with E-state index in [2.05, 4.69) is 54.6 Å². The van der Waals surface area contributed by atoms with Gasteiger partial charge in [0.15, 0.2) is 0 Å². The van der Waals surface area contributed by atoms with Crippen molar-refractivity contribution >= 4 is 0 Å². The molecule has 0 radical (unpaired) electrons. The highest BCUT2D eigenvalue weighted by molar-refractivity contribution is 5.69. The number of aliphatic hydroxyl groups is 1. The summed E-state index contributed by atoms with van der Waals surface area (Å²) in [7, 11) is 0. The molecule has 1 aliphatic heterocycles. The average Bonchev–Trinajstić information content (AvgIpc) is 3.04. The van der Waals surface area contributed by atoms with Crippen LogP contribution in [0.4, 0.5) is 0 Å². The van der Waals surface area contributed by atoms with Gasteiger partial charge in [0, 0.05) is 11.0 Å². The van der Waals surface area contributed by atoms with Crippen LogP contribution >= 0.6 is 0 Å². The van der Waals surface area contributed by atoms with Crippen LogP contribution in [0.5, 0.6) is 0 Å². The fourth-order valence-corrected chi connectivity index (χ4v) is 4.89. The maximum absolute atomic E-state index is 11.2. The van der Waals surface area contributed by atoms with Crippen LogP contribution in [0.25, 0.3) is 11.3 Å². The van der Waals surface area contributed by atoms with Crippen LogP contribution in [0.2, 0.25) is 0 Å². The second kappa shape index (κ2) is 4.45. The largest absolute Gasteiger partial charge is 0.392 e. The Kier molecular flexibility index (Phi) is 2.83. The number of imidazole rings is 1. The number of rotatable bonds is 1. The molecule has 22 heavy (non-hydrogen) atoms. The summed E-state index contributed by atoms with van der Waals surface area (Å²) in [6.07, 6.45) is 6.87. The van der Waals surface area contributed by atoms with E-state index in [0.717, 1.165) is 12.8 Å². The molecule has 3 heteroatoms. The summed E-state index contributed by atoms with van der Waals surface area (Å²) in [6.45, 7) is 6.66. The van der Waals surface area contributed by atoms with Gasteiger partial charge in [0.2, 0.25) is 0 Å². The van der Waals surface area contributed by atoms with E-state index in [1.54, 1.807) is 0 Å². The molecule has 1 aromatic carbocycles. The van der Waals surface area contributed by atoms with Gasteiger partial charge in [-0.3, -0.25) is 0 Å². The molecule has 4 rings (SSSR count). The van der Waals surface area contributed by atoms with Gasteiger partial charge in [0.25, 0.3) is 0 Å². The summed E-state index contributed by atoms with van der Waals surface area (Å²) in [4.78, 5) is 4.36. The van der Waals surface area contributed by atoms with E-state index in [1.807, 2.05) is 12.5 Å². The number of nitrogens with zero attached hydrogens (tertiary/aromatic N) is 2. The first kappa shape index (κ1) is 14.0. The highest BCUT2D eigenvalue weighted by Crippen LogP contribution is 2.57. The van der Waals surface area contributed by atoms with Gasteiger partial charge in [-0.2, -0.15) is 0 Å². The lowest BCUT2D eigenvalue weighted by molar-refractivity contribution is -0.100. The fraction of sp³-hybridized carbons (Fsp3) is 0.526. The third-order valence-corrected chi connectivity index (χ3v) is 6.00. The molecule has 1 saturated carbocycles. The van der Waals surface area contributed by atoms with Crippen molar-refractivity contribution in [3.63, 3.8) is 0 Å². The average molecular weight is 296 g/mol. The van der Waals surface area contributed by atoms with Gasteiger partial charge >= 0.3 is 0 Å². The molecule has 3 nitrogen and oxygen atoms in total. The quantitative estimate of drug-likeness (QED) is 0.862. The normalized spacial score (nSPS) is 32.5. The number of hydrogen-bond donors (Lipinski definition) is 1. The first-order valence-corrected chi connectivity index (χ1v) is 8.24. The molecule has 3 atom stereocenters. The first-order chi connectivity index (χ1) is 10.5. The van der Waals surface area contributed by atoms with Crippen LogP contribution in [-0.2, 0) is 0 Å². The monoisotopic (exact) mass is 296 g/mol. The van der Waals surface area contributed by atoms with Gasteiger partial charge in [0.05, 0.1) is 30.4 Å². The molecule has 2 aromatic rings. The third-order valence-electron chi connectivity index (χ3n) is 6.00. The van der Waals surface area contributed by atoms with Crippen LogP contribution in [-0.4, -0.2) is 20.8 Å². The Morgan fingerprint density at radius 2 is 1.95 bits per heavy atom. The molecule has 1 unspecified atom stereocenters. The van der Waals surface area contributed by atoms with Crippen LogP contribution in [0.1, 0.15) is 51.6 Å². The Morgan fingerprint density at radius 1 is 1.18 bits per heavy atom. The van der Waals surface area contributed by atoms with E-state index in [-0.39, 0.29) is 23.0 Å². The molecule has 1 N–H and O–H groups in total. The fourth-order valence-electron chi connectivity index (χ4n) is 4.89. The molecule has 1 fully saturated rings. The molecule has 1 aliphatic carbocycles. The number of fused-ring (bicyclic) bond motifs is 3. The van der Waals surface area contributed by atoms with Crippen molar-refractivity contribution in [2.75, 3.05) is 0 Å². The number of benzene rings is 1. The molecule has 0 amide bonds. The minimum atomic E-state index is -0.319. The van der Waals surface area contributed by atoms with E-state index in [0.29, 0.717) is 0 Å². The highest BCUT2D eigenvalue weighted by atomic mass is 16.3. The standard InChI is InChI=1S/C19H24N2O/c1-18(2)9-6-10-19(3,17(18)22)16-14-8-5-4-7-13(14)15-11-20-12-21(15)16/h4-5,7-8,11-12,16-17,22H,6,9-10H2,1-3H3/t16?,17-,19+/m0/s1. The van der Waals surface area contributed by atoms with Crippen molar-refractivity contribution in [2.24, 2.45) is 10.8 Å². The molecule has 0 spiro atoms. The van der Waals surface area contributed by atoms with E-state index < -0.39 is 0 Å². The summed E-state index contributed by atoms with van der Waals surface area (Å²) in [5, 5.41) is 11.2. The zero-order valence-corrected chi connectivity index (χ0v) is 13.6. The zero-order valence-electron chi connectivity index (χ0n) is 13.6. The van der Waals surface area contributed by atoms with Gasteiger partial charge in [-0.25, -0.2) is 4.98 Å². The van der Waals surface area contributed by atoms with Gasteiger partial charge in [0.1, 0.15) is 0 Å². The van der Waals surface area contributed by atoms with Gasteiger partial charge in [-0.1, -0.05) is 51.5 Å². The van der Waals surface area contributed by atoms with Crippen molar-refractivity contribution in [3.8, 4) is 11.3 Å². The maximum Gasteiger partial charge on any atom is 0.0956 e. The van der Waals surface area contributed by atoms with E-state index in [1.165, 1.54) is 23.2 Å². The van der Waals surface area contributed by atoms with Crippen LogP contribution in [0.3, 0.4) is 0 Å². The molecule has 0 bridgehead atoms. The maximum atomic E-state index is 11.2. The molecule has 1 aromatic heterocycles. The van der Waals surface area contributed by atoms with Crippen molar-refractivity contribution < 1.29 is 5.11 Å². The molecular formula is C19H24N2O. The molecule has 0 saturated heterocycles. The number of aromatic nitrogens is 2. The summed E-state index contributed by atoms with van der Waals surface area (Å²) < 4.78 is 2.27. The SMILES string of the molecule is CC1(C)CCC[C@](C)(C2c3ccccc3-c3cncn32)[C@H]1O. The van der Waals surface area contributed by atoms with Crippen molar-refractivity contribution in [2.45, 2.75) is 52.2 Å². The topological polar surface area (TPSA) is 38.0 Å². The number of hydrogen-bond acceptors (Lipinski definition) is 2. The van der Waals surface area contributed by atoms with Crippen molar-refractivity contribution in [3.05, 3.63) is 42.4 Å². The molecule has 2 heterocycles. The zero-order chi connectivity index (χ0) is 15.5. The Hall–Kier alpha value is -1.61. The van der Waals surface area contributed by atoms with Crippen molar-refractivity contribution in [1.29, 1.82) is 0 Å². The summed E-state index contributed by atoms with van der Waals surface area (Å²) in [5.74, 6) is 0. The highest BCUT2D eigenvalue weighted by Gasteiger charge is 2.53. The molecular weight excluding hydrogens is 272 g/mol. The molecule has 2 aliphatic rings. The minimum Gasteiger partial charge on any atom is -0.392 e. The van der Waals surface area contributed by atoms with Crippen LogP contribution in [0, 0.1) is 10.8 Å². The van der Waals surface area contributed by atoms with Crippen molar-refractivity contribution in [1.82, 2.24) is 9.55 Å². The summed E-state index contributed by atoms with van der Waals surface area (Å²) >= 11 is 0. The van der Waals surface area contributed by atoms with Crippen LogP contribution < -0.4 is 0 Å². The Labute approximate surface area is 132 Å². The second-order valence-electron chi connectivity index (χ2n) is 7.93. The third kappa shape index (κ3) is 1.69. The van der Waals surface area contributed by atoms with E-state index in [4.69, 9.17) is 0 Å². The Morgan fingerprint density at radius 3 is 2.77 bits per heavy atom. The summed E-state index contributed by atoms with van der Waals surface area (Å²) in [5.41, 5.74) is 3.58. The van der Waals surface area contributed by atoms with Crippen LogP contribution in [0.15, 0.2) is 36.8 Å². The summed E-state index contributed by atoms with van der Waals surface area (Å²) in [6, 6.07) is 8.76.